The molecule has 0 fully saturated rings. The van der Waals surface area contributed by atoms with Crippen molar-refractivity contribution in [2.75, 3.05) is 13.7 Å². The number of methoxy groups -OCH3 is 1. The van der Waals surface area contributed by atoms with Crippen molar-refractivity contribution in [1.82, 2.24) is 0 Å². The second kappa shape index (κ2) is 7.72. The third-order valence-corrected chi connectivity index (χ3v) is 4.04. The van der Waals surface area contributed by atoms with Crippen LogP contribution in [0.5, 0.6) is 5.75 Å². The van der Waals surface area contributed by atoms with Gasteiger partial charge in [0.1, 0.15) is 24.3 Å². The van der Waals surface area contributed by atoms with Crippen LogP contribution in [0.25, 0.3) is 0 Å². The lowest BCUT2D eigenvalue weighted by atomic mass is 10.0. The van der Waals surface area contributed by atoms with Crippen molar-refractivity contribution in [3.63, 3.8) is 0 Å². The normalized spacial score (nSPS) is 14.5. The second-order valence-corrected chi connectivity index (χ2v) is 5.77. The number of aliphatic hydroxyl groups is 1. The number of hydrazone groups is 1. The Kier molecular flexibility index (Phi) is 5.20. The number of fused-ring (bicyclic) bond motifs is 1. The Morgan fingerprint density at radius 1 is 1.30 bits per heavy atom. The zero-order chi connectivity index (χ0) is 19.4. The molecule has 27 heavy (non-hydrogen) atoms. The number of aliphatic imine (C=N–C) groups is 1. The highest BCUT2D eigenvalue weighted by Gasteiger charge is 2.29. The number of carbonyl (C=O) groups is 1. The van der Waals surface area contributed by atoms with Crippen LogP contribution >= 0.6 is 0 Å². The van der Waals surface area contributed by atoms with Gasteiger partial charge < -0.3 is 9.84 Å². The second-order valence-electron chi connectivity index (χ2n) is 5.77. The summed E-state index contributed by atoms with van der Waals surface area (Å²) < 4.78 is 6.87. The van der Waals surface area contributed by atoms with E-state index in [0.29, 0.717) is 22.7 Å². The summed E-state index contributed by atoms with van der Waals surface area (Å²) in [6.45, 7) is 1.02. The molecule has 0 aromatic heterocycles. The van der Waals surface area contributed by atoms with Gasteiger partial charge in [-0.1, -0.05) is 0 Å². The first kappa shape index (κ1) is 18.2. The van der Waals surface area contributed by atoms with Gasteiger partial charge in [-0.2, -0.15) is 5.26 Å². The molecule has 7 heteroatoms. The third kappa shape index (κ3) is 3.66. The maximum absolute atomic E-state index is 11.6. The molecule has 1 N–H and O–H groups in total. The molecule has 3 rings (SSSR count). The molecule has 1 heterocycles. The summed E-state index contributed by atoms with van der Waals surface area (Å²) >= 11 is 0. The van der Waals surface area contributed by atoms with Crippen LogP contribution in [0, 0.1) is 11.3 Å². The van der Waals surface area contributed by atoms with Gasteiger partial charge in [0, 0.05) is 6.07 Å². The molecular weight excluding hydrogens is 344 g/mol. The van der Waals surface area contributed by atoms with Crippen molar-refractivity contribution in [3.8, 4) is 11.8 Å². The minimum absolute atomic E-state index is 0.411. The van der Waals surface area contributed by atoms with E-state index in [1.165, 1.54) is 0 Å². The van der Waals surface area contributed by atoms with Crippen molar-refractivity contribution in [2.24, 2.45) is 10.1 Å². The average molecular weight is 361 g/mol. The lowest BCUT2D eigenvalue weighted by molar-refractivity contribution is -0.438. The fourth-order valence-corrected chi connectivity index (χ4v) is 2.79. The smallest absolute Gasteiger partial charge is 0.271 e. The van der Waals surface area contributed by atoms with Crippen LogP contribution in [0.15, 0.2) is 52.6 Å². The van der Waals surface area contributed by atoms with Gasteiger partial charge in [0.05, 0.1) is 29.9 Å². The molecule has 0 unspecified atom stereocenters. The molecule has 0 saturated carbocycles. The molecule has 1 aliphatic heterocycles. The van der Waals surface area contributed by atoms with Gasteiger partial charge in [0.15, 0.2) is 0 Å². The minimum atomic E-state index is -0.668. The Hall–Kier alpha value is -3.63. The van der Waals surface area contributed by atoms with Crippen LogP contribution in [-0.4, -0.2) is 47.1 Å². The summed E-state index contributed by atoms with van der Waals surface area (Å²) in [7, 11) is 1.58. The standard InChI is InChI=1S/C20H17N4O3/c1-13(23-19(26)12-25)20(15-4-6-17(27-2)7-5-15)24-18-8-3-14(10-21)9-16(18)11-22-24/h3-9,11,25H,12H2,1-2H3/q+1/b23-13?,24-20+. The minimum Gasteiger partial charge on any atom is -0.497 e. The topological polar surface area (TPSA) is 98.0 Å². The molecule has 0 saturated heterocycles. The van der Waals surface area contributed by atoms with E-state index < -0.39 is 12.5 Å². The van der Waals surface area contributed by atoms with Crippen molar-refractivity contribution < 1.29 is 19.3 Å². The molecule has 1 aliphatic rings. The number of aliphatic hydroxyl groups excluding tert-OH is 1. The van der Waals surface area contributed by atoms with Gasteiger partial charge in [-0.15, -0.1) is 0 Å². The number of amides is 1. The van der Waals surface area contributed by atoms with Crippen LogP contribution < -0.4 is 4.74 Å². The molecule has 2 aromatic rings. The number of rotatable bonds is 4. The van der Waals surface area contributed by atoms with Gasteiger partial charge >= 0.3 is 0 Å². The zero-order valence-corrected chi connectivity index (χ0v) is 14.9. The van der Waals surface area contributed by atoms with Gasteiger partial charge in [-0.25, -0.2) is 4.99 Å². The number of nitriles is 1. The molecule has 0 bridgehead atoms. The molecule has 0 atom stereocenters. The predicted molar refractivity (Wildman–Crippen MR) is 101 cm³/mol. The van der Waals surface area contributed by atoms with Gasteiger partial charge in [-0.3, -0.25) is 4.79 Å². The van der Waals surface area contributed by atoms with E-state index in [1.54, 1.807) is 55.3 Å². The molecule has 134 valence electrons. The number of nitrogens with zero attached hydrogens (tertiary/aromatic N) is 4. The summed E-state index contributed by atoms with van der Waals surface area (Å²) in [5.41, 5.74) is 3.88. The zero-order valence-electron chi connectivity index (χ0n) is 14.9. The first-order chi connectivity index (χ1) is 13.1. The number of hydrogen-bond acceptors (Lipinski definition) is 5. The number of ether oxygens (including phenoxy) is 1. The Labute approximate surface area is 156 Å². The van der Waals surface area contributed by atoms with E-state index in [2.05, 4.69) is 16.2 Å². The molecule has 0 radical (unpaired) electrons. The summed E-state index contributed by atoms with van der Waals surface area (Å²) in [5.74, 6) is 0.0600. The predicted octanol–water partition coefficient (Wildman–Crippen LogP) is 2.03. The summed E-state index contributed by atoms with van der Waals surface area (Å²) in [6, 6.07) is 14.6. The third-order valence-electron chi connectivity index (χ3n) is 4.04. The highest BCUT2D eigenvalue weighted by Crippen LogP contribution is 2.26. The molecule has 2 aromatic carbocycles. The van der Waals surface area contributed by atoms with Crippen molar-refractivity contribution in [2.45, 2.75) is 6.92 Å². The van der Waals surface area contributed by atoms with Crippen molar-refractivity contribution >= 4 is 29.2 Å². The number of benzene rings is 2. The van der Waals surface area contributed by atoms with E-state index in [-0.39, 0.29) is 0 Å². The molecule has 0 spiro atoms. The highest BCUT2D eigenvalue weighted by molar-refractivity contribution is 6.47. The van der Waals surface area contributed by atoms with Crippen molar-refractivity contribution in [1.29, 1.82) is 5.26 Å². The van der Waals surface area contributed by atoms with Crippen molar-refractivity contribution in [3.05, 3.63) is 59.2 Å². The van der Waals surface area contributed by atoms with E-state index in [4.69, 9.17) is 15.1 Å². The van der Waals surface area contributed by atoms with Crippen LogP contribution in [0.4, 0.5) is 5.69 Å². The maximum atomic E-state index is 11.6. The van der Waals surface area contributed by atoms with E-state index >= 15 is 0 Å². The summed E-state index contributed by atoms with van der Waals surface area (Å²) in [6.07, 6.45) is 1.65. The van der Waals surface area contributed by atoms with Crippen LogP contribution in [-0.2, 0) is 4.79 Å². The van der Waals surface area contributed by atoms with E-state index in [9.17, 15) is 4.79 Å². The Morgan fingerprint density at radius 3 is 2.67 bits per heavy atom. The molecule has 0 aliphatic carbocycles. The molecule has 1 amide bonds. The largest absolute Gasteiger partial charge is 0.497 e. The Bertz CT molecular complexity index is 1030. The van der Waals surface area contributed by atoms with Gasteiger partial charge in [0.2, 0.25) is 5.69 Å². The first-order valence-corrected chi connectivity index (χ1v) is 8.16. The number of hydrogen-bond donors (Lipinski definition) is 1. The Balaban J connectivity index is 2.21. The summed E-state index contributed by atoms with van der Waals surface area (Å²) in [5, 5.41) is 22.5. The fourth-order valence-electron chi connectivity index (χ4n) is 2.79. The summed E-state index contributed by atoms with van der Waals surface area (Å²) in [4.78, 5) is 15.6. The van der Waals surface area contributed by atoms with Gasteiger partial charge in [0.25, 0.3) is 11.6 Å². The van der Waals surface area contributed by atoms with Crippen LogP contribution in [0.1, 0.15) is 23.6 Å². The maximum Gasteiger partial charge on any atom is 0.271 e. The lowest BCUT2D eigenvalue weighted by Gasteiger charge is -2.05. The molecule has 7 nitrogen and oxygen atoms in total. The van der Waals surface area contributed by atoms with Gasteiger partial charge in [-0.05, 0) is 53.1 Å². The quantitative estimate of drug-likeness (QED) is 0.665. The SMILES string of the molecule is COc1ccc(/C(C(C)=NC(=O)CO)=[N+]2/N=Cc3cc(C#N)ccc32)cc1. The molecular formula is C20H17N4O3+. The van der Waals surface area contributed by atoms with E-state index in [0.717, 1.165) is 16.8 Å². The number of carbonyl (C=O) groups excluding carboxylic acids is 1. The van der Waals surface area contributed by atoms with E-state index in [1.807, 2.05) is 12.1 Å². The first-order valence-electron chi connectivity index (χ1n) is 8.16. The fraction of sp³-hybridized carbons (Fsp3) is 0.150. The lowest BCUT2D eigenvalue weighted by Crippen LogP contribution is -2.23. The van der Waals surface area contributed by atoms with Crippen LogP contribution in [0.2, 0.25) is 0 Å². The monoisotopic (exact) mass is 361 g/mol. The Morgan fingerprint density at radius 2 is 2.04 bits per heavy atom. The van der Waals surface area contributed by atoms with Crippen LogP contribution in [0.3, 0.4) is 0 Å². The average Bonchev–Trinajstić information content (AvgIpc) is 3.11. The highest BCUT2D eigenvalue weighted by atomic mass is 16.5.